The monoisotopic (exact) mass is 420 g/mol. The summed E-state index contributed by atoms with van der Waals surface area (Å²) in [4.78, 5) is 32.5. The third-order valence-electron chi connectivity index (χ3n) is 5.10. The topological polar surface area (TPSA) is 67.7 Å². The van der Waals surface area contributed by atoms with Gasteiger partial charge in [-0.25, -0.2) is 4.98 Å². The molecular formula is C21H26F2N4O3. The summed E-state index contributed by atoms with van der Waals surface area (Å²) in [7, 11) is 0. The lowest BCUT2D eigenvalue weighted by molar-refractivity contribution is -0.133. The molecule has 1 saturated heterocycles. The smallest absolute Gasteiger partial charge is 0.319 e. The first-order valence-corrected chi connectivity index (χ1v) is 10.0. The van der Waals surface area contributed by atoms with E-state index in [-0.39, 0.29) is 24.5 Å². The highest BCUT2D eigenvalue weighted by Gasteiger charge is 2.23. The molecule has 0 atom stereocenters. The fourth-order valence-electron chi connectivity index (χ4n) is 3.43. The number of halogens is 2. The number of piperazine rings is 1. The number of carbonyl (C=O) groups excluding carboxylic acids is 2. The van der Waals surface area contributed by atoms with Gasteiger partial charge in [0.2, 0.25) is 5.91 Å². The maximum absolute atomic E-state index is 12.9. The number of hydrogen-bond donors (Lipinski definition) is 0. The summed E-state index contributed by atoms with van der Waals surface area (Å²) in [5, 5.41) is 0. The average Bonchev–Trinajstić information content (AvgIpc) is 3.21. The van der Waals surface area contributed by atoms with Crippen LogP contribution < -0.4 is 4.74 Å². The summed E-state index contributed by atoms with van der Waals surface area (Å²) >= 11 is 0. The predicted molar refractivity (Wildman–Crippen MR) is 107 cm³/mol. The van der Waals surface area contributed by atoms with E-state index in [2.05, 4.69) is 4.98 Å². The second-order valence-electron chi connectivity index (χ2n) is 7.07. The number of amides is 1. The van der Waals surface area contributed by atoms with Crippen molar-refractivity contribution in [2.45, 2.75) is 32.9 Å². The van der Waals surface area contributed by atoms with E-state index >= 15 is 0 Å². The van der Waals surface area contributed by atoms with Crippen molar-refractivity contribution in [1.29, 1.82) is 0 Å². The lowest BCUT2D eigenvalue weighted by Gasteiger charge is -2.34. The van der Waals surface area contributed by atoms with E-state index in [0.717, 1.165) is 4.57 Å². The first kappa shape index (κ1) is 21.9. The maximum atomic E-state index is 12.9. The van der Waals surface area contributed by atoms with E-state index in [4.69, 9.17) is 4.74 Å². The molecule has 1 aliphatic rings. The molecule has 3 rings (SSSR count). The number of Topliss-reactive ketones (excluding diaryl/α,β-unsaturated/α-hetero) is 1. The van der Waals surface area contributed by atoms with Crippen LogP contribution in [0.1, 0.15) is 42.5 Å². The lowest BCUT2D eigenvalue weighted by Crippen LogP contribution is -2.48. The summed E-state index contributed by atoms with van der Waals surface area (Å²) in [6.07, 6.45) is 2.94. The van der Waals surface area contributed by atoms with Gasteiger partial charge < -0.3 is 9.64 Å². The molecular weight excluding hydrogens is 394 g/mol. The first-order chi connectivity index (χ1) is 14.5. The van der Waals surface area contributed by atoms with Crippen molar-refractivity contribution in [2.75, 3.05) is 32.8 Å². The molecule has 30 heavy (non-hydrogen) atoms. The second kappa shape index (κ2) is 10.3. The van der Waals surface area contributed by atoms with Crippen LogP contribution in [0.2, 0.25) is 0 Å². The SMILES string of the molecule is CCOc1ccc(C(=O)CCC(=O)N2CCN(Cc3nccn3C(F)F)CC2)cc1. The summed E-state index contributed by atoms with van der Waals surface area (Å²) in [6.45, 7) is 2.32. The van der Waals surface area contributed by atoms with Crippen LogP contribution in [0, 0.1) is 0 Å². The van der Waals surface area contributed by atoms with E-state index in [1.807, 2.05) is 11.8 Å². The largest absolute Gasteiger partial charge is 0.494 e. The van der Waals surface area contributed by atoms with Gasteiger partial charge in [-0.2, -0.15) is 8.78 Å². The Labute approximate surface area is 174 Å². The number of ketones is 1. The number of carbonyl (C=O) groups is 2. The van der Waals surface area contributed by atoms with Gasteiger partial charge in [0.15, 0.2) is 5.78 Å². The number of imidazole rings is 1. The third kappa shape index (κ3) is 5.63. The minimum atomic E-state index is -2.61. The Kier molecular flexibility index (Phi) is 7.51. The molecule has 1 aromatic carbocycles. The Morgan fingerprint density at radius 1 is 1.10 bits per heavy atom. The molecule has 1 aromatic heterocycles. The van der Waals surface area contributed by atoms with E-state index < -0.39 is 6.55 Å². The third-order valence-corrected chi connectivity index (χ3v) is 5.10. The molecule has 0 radical (unpaired) electrons. The molecule has 0 N–H and O–H groups in total. The van der Waals surface area contributed by atoms with Crippen molar-refractivity contribution >= 4 is 11.7 Å². The van der Waals surface area contributed by atoms with Crippen LogP contribution in [0.5, 0.6) is 5.75 Å². The molecule has 1 amide bonds. The Bertz CT molecular complexity index is 846. The van der Waals surface area contributed by atoms with E-state index in [1.165, 1.54) is 12.4 Å². The number of alkyl halides is 2. The summed E-state index contributed by atoms with van der Waals surface area (Å²) in [5.74, 6) is 0.872. The number of rotatable bonds is 9. The van der Waals surface area contributed by atoms with Crippen LogP contribution in [-0.2, 0) is 11.3 Å². The van der Waals surface area contributed by atoms with E-state index in [9.17, 15) is 18.4 Å². The summed E-state index contributed by atoms with van der Waals surface area (Å²) < 4.78 is 32.1. The van der Waals surface area contributed by atoms with Crippen molar-refractivity contribution in [3.8, 4) is 5.75 Å². The molecule has 0 bridgehead atoms. The zero-order chi connectivity index (χ0) is 21.5. The highest BCUT2D eigenvalue weighted by Crippen LogP contribution is 2.16. The van der Waals surface area contributed by atoms with Gasteiger partial charge in [-0.05, 0) is 31.2 Å². The van der Waals surface area contributed by atoms with Crippen molar-refractivity contribution in [2.24, 2.45) is 0 Å². The highest BCUT2D eigenvalue weighted by atomic mass is 19.3. The second-order valence-corrected chi connectivity index (χ2v) is 7.07. The zero-order valence-electron chi connectivity index (χ0n) is 17.0. The number of nitrogens with zero attached hydrogens (tertiary/aromatic N) is 4. The van der Waals surface area contributed by atoms with Gasteiger partial charge in [-0.15, -0.1) is 0 Å². The first-order valence-electron chi connectivity index (χ1n) is 10.0. The zero-order valence-corrected chi connectivity index (χ0v) is 17.0. The fraction of sp³-hybridized carbons (Fsp3) is 0.476. The van der Waals surface area contributed by atoms with E-state index in [1.54, 1.807) is 29.2 Å². The maximum Gasteiger partial charge on any atom is 0.319 e. The van der Waals surface area contributed by atoms with Gasteiger partial charge in [-0.1, -0.05) is 0 Å². The van der Waals surface area contributed by atoms with Crippen LogP contribution in [0.25, 0.3) is 0 Å². The molecule has 1 aliphatic heterocycles. The van der Waals surface area contributed by atoms with Gasteiger partial charge >= 0.3 is 6.55 Å². The molecule has 0 unspecified atom stereocenters. The quantitative estimate of drug-likeness (QED) is 0.584. The highest BCUT2D eigenvalue weighted by molar-refractivity contribution is 5.98. The molecule has 0 aliphatic carbocycles. The minimum Gasteiger partial charge on any atom is -0.494 e. The minimum absolute atomic E-state index is 0.0667. The number of hydrogen-bond acceptors (Lipinski definition) is 5. The average molecular weight is 420 g/mol. The lowest BCUT2D eigenvalue weighted by atomic mass is 10.1. The molecule has 9 heteroatoms. The number of benzene rings is 1. The van der Waals surface area contributed by atoms with Crippen molar-refractivity contribution in [3.63, 3.8) is 0 Å². The van der Waals surface area contributed by atoms with Gasteiger partial charge in [0.05, 0.1) is 13.2 Å². The Morgan fingerprint density at radius 3 is 2.43 bits per heavy atom. The Morgan fingerprint density at radius 2 is 1.80 bits per heavy atom. The van der Waals surface area contributed by atoms with E-state index in [0.29, 0.717) is 56.5 Å². The Balaban J connectivity index is 1.42. The Hall–Kier alpha value is -2.81. The summed E-state index contributed by atoms with van der Waals surface area (Å²) in [5.41, 5.74) is 0.561. The van der Waals surface area contributed by atoms with Gasteiger partial charge in [0.1, 0.15) is 11.6 Å². The van der Waals surface area contributed by atoms with Crippen molar-refractivity contribution in [1.82, 2.24) is 19.4 Å². The molecule has 0 spiro atoms. The normalized spacial score (nSPS) is 14.9. The fourth-order valence-corrected chi connectivity index (χ4v) is 3.43. The van der Waals surface area contributed by atoms with Crippen LogP contribution in [0.3, 0.4) is 0 Å². The molecule has 0 saturated carbocycles. The van der Waals surface area contributed by atoms with Crippen LogP contribution in [0.15, 0.2) is 36.7 Å². The van der Waals surface area contributed by atoms with Crippen molar-refractivity contribution < 1.29 is 23.1 Å². The predicted octanol–water partition coefficient (Wildman–Crippen LogP) is 2.98. The van der Waals surface area contributed by atoms with Crippen molar-refractivity contribution in [3.05, 3.63) is 48.0 Å². The molecule has 162 valence electrons. The van der Waals surface area contributed by atoms with Gasteiger partial charge in [-0.3, -0.25) is 19.1 Å². The molecule has 1 fully saturated rings. The molecule has 7 nitrogen and oxygen atoms in total. The number of ether oxygens (including phenoxy) is 1. The van der Waals surface area contributed by atoms with Crippen LogP contribution in [0.4, 0.5) is 8.78 Å². The molecule has 2 heterocycles. The van der Waals surface area contributed by atoms with Crippen LogP contribution >= 0.6 is 0 Å². The summed E-state index contributed by atoms with van der Waals surface area (Å²) in [6, 6.07) is 6.91. The van der Waals surface area contributed by atoms with Crippen LogP contribution in [-0.4, -0.2) is 63.8 Å². The number of aromatic nitrogens is 2. The van der Waals surface area contributed by atoms with Gasteiger partial charge in [0.25, 0.3) is 0 Å². The standard InChI is InChI=1S/C21H26F2N4O3/c1-2-30-17-5-3-16(4-6-17)18(28)7-8-20(29)26-13-11-25(12-14-26)15-19-24-9-10-27(19)21(22)23/h3-6,9-10,21H,2,7-8,11-15H2,1H3. The molecule has 2 aromatic rings. The van der Waals surface area contributed by atoms with Gasteiger partial charge in [0, 0.05) is 57.0 Å².